The maximum absolute atomic E-state index is 13.7. The number of ether oxygens (including phenoxy) is 2. The second kappa shape index (κ2) is 8.59. The van der Waals surface area contributed by atoms with Crippen molar-refractivity contribution in [3.05, 3.63) is 35.1 Å². The fraction of sp³-hybridized carbons (Fsp3) is 0.500. The molecule has 1 fully saturated rings. The molecule has 1 amide bonds. The maximum Gasteiger partial charge on any atom is 0.335 e. The number of rotatable bonds is 8. The summed E-state index contributed by atoms with van der Waals surface area (Å²) < 4.78 is 24.4. The lowest BCUT2D eigenvalue weighted by molar-refractivity contribution is 0.0695. The molecule has 0 spiro atoms. The summed E-state index contributed by atoms with van der Waals surface area (Å²) in [6.07, 6.45) is 1.64. The van der Waals surface area contributed by atoms with E-state index in [0.717, 1.165) is 25.7 Å². The van der Waals surface area contributed by atoms with Gasteiger partial charge in [-0.05, 0) is 31.0 Å². The number of halogens is 1. The molecule has 0 aromatic heterocycles. The molecule has 1 aromatic carbocycles. The third-order valence-electron chi connectivity index (χ3n) is 3.59. The minimum Gasteiger partial charge on any atom is -0.478 e. The van der Waals surface area contributed by atoms with Crippen molar-refractivity contribution < 1.29 is 28.6 Å². The Hall–Kier alpha value is -1.99. The van der Waals surface area contributed by atoms with Crippen LogP contribution in [0.1, 0.15) is 33.6 Å². The van der Waals surface area contributed by atoms with E-state index in [9.17, 15) is 14.0 Å². The second-order valence-electron chi connectivity index (χ2n) is 5.41. The van der Waals surface area contributed by atoms with Crippen LogP contribution in [0.2, 0.25) is 0 Å². The molecule has 0 bridgehead atoms. The van der Waals surface area contributed by atoms with Crippen LogP contribution in [0.25, 0.3) is 0 Å². The monoisotopic (exact) mass is 325 g/mol. The number of benzene rings is 1. The van der Waals surface area contributed by atoms with E-state index in [-0.39, 0.29) is 11.1 Å². The van der Waals surface area contributed by atoms with Gasteiger partial charge in [0.2, 0.25) is 0 Å². The second-order valence-corrected chi connectivity index (χ2v) is 5.41. The summed E-state index contributed by atoms with van der Waals surface area (Å²) in [6, 6.07) is 3.21. The zero-order valence-corrected chi connectivity index (χ0v) is 12.7. The third kappa shape index (κ3) is 5.30. The molecule has 1 atom stereocenters. The lowest BCUT2D eigenvalue weighted by Gasteiger charge is -2.09. The summed E-state index contributed by atoms with van der Waals surface area (Å²) in [5.41, 5.74) is -0.359. The minimum atomic E-state index is -1.24. The highest BCUT2D eigenvalue weighted by Gasteiger charge is 2.16. The van der Waals surface area contributed by atoms with Gasteiger partial charge in [0.05, 0.1) is 24.3 Å². The van der Waals surface area contributed by atoms with Crippen LogP contribution in [0.5, 0.6) is 0 Å². The number of hydrogen-bond donors (Lipinski definition) is 2. The standard InChI is InChI=1S/C16H20FNO5/c17-14-8-12(16(20)21)2-3-13(14)15(19)18-5-1-6-22-9-11-4-7-23-10-11/h2-3,8,11H,1,4-7,9-10H2,(H,18,19)(H,20,21). The molecule has 0 aliphatic carbocycles. The molecule has 2 rings (SSSR count). The van der Waals surface area contributed by atoms with E-state index in [1.807, 2.05) is 0 Å². The lowest BCUT2D eigenvalue weighted by atomic mass is 10.1. The Bertz CT molecular complexity index is 557. The highest BCUT2D eigenvalue weighted by atomic mass is 19.1. The van der Waals surface area contributed by atoms with E-state index < -0.39 is 17.7 Å². The van der Waals surface area contributed by atoms with Crippen molar-refractivity contribution >= 4 is 11.9 Å². The molecular weight excluding hydrogens is 305 g/mol. The number of aromatic carboxylic acids is 1. The first-order valence-electron chi connectivity index (χ1n) is 7.54. The molecule has 1 aromatic rings. The summed E-state index contributed by atoms with van der Waals surface area (Å²) in [7, 11) is 0. The molecule has 1 heterocycles. The van der Waals surface area contributed by atoms with Crippen LogP contribution in [-0.2, 0) is 9.47 Å². The summed E-state index contributed by atoms with van der Waals surface area (Å²) in [6.45, 7) is 3.05. The number of nitrogens with one attached hydrogen (secondary N) is 1. The number of carbonyl (C=O) groups is 2. The first-order chi connectivity index (χ1) is 11.1. The molecular formula is C16H20FNO5. The van der Waals surface area contributed by atoms with Crippen molar-refractivity contribution in [3.8, 4) is 0 Å². The Morgan fingerprint density at radius 2 is 2.26 bits per heavy atom. The van der Waals surface area contributed by atoms with Crippen molar-refractivity contribution in [1.29, 1.82) is 0 Å². The number of carboxylic acid groups (broad SMARTS) is 1. The summed E-state index contributed by atoms with van der Waals surface area (Å²) in [4.78, 5) is 22.5. The van der Waals surface area contributed by atoms with Crippen molar-refractivity contribution in [2.24, 2.45) is 5.92 Å². The van der Waals surface area contributed by atoms with Gasteiger partial charge in [0.15, 0.2) is 0 Å². The third-order valence-corrected chi connectivity index (χ3v) is 3.59. The molecule has 126 valence electrons. The normalized spacial score (nSPS) is 17.2. The SMILES string of the molecule is O=C(O)c1ccc(C(=O)NCCCOCC2CCOC2)c(F)c1. The van der Waals surface area contributed by atoms with Gasteiger partial charge >= 0.3 is 5.97 Å². The maximum atomic E-state index is 13.7. The molecule has 0 saturated carbocycles. The van der Waals surface area contributed by atoms with Gasteiger partial charge in [-0.1, -0.05) is 0 Å². The Balaban J connectivity index is 1.67. The molecule has 23 heavy (non-hydrogen) atoms. The zero-order valence-electron chi connectivity index (χ0n) is 12.7. The van der Waals surface area contributed by atoms with Crippen molar-refractivity contribution in [1.82, 2.24) is 5.32 Å². The molecule has 6 nitrogen and oxygen atoms in total. The van der Waals surface area contributed by atoms with Gasteiger partial charge in [0.25, 0.3) is 5.91 Å². The number of hydrogen-bond acceptors (Lipinski definition) is 4. The van der Waals surface area contributed by atoms with E-state index in [4.69, 9.17) is 14.6 Å². The minimum absolute atomic E-state index is 0.168. The Morgan fingerprint density at radius 3 is 2.91 bits per heavy atom. The molecule has 1 unspecified atom stereocenters. The summed E-state index contributed by atoms with van der Waals surface area (Å²) in [5, 5.41) is 11.3. The highest BCUT2D eigenvalue weighted by Crippen LogP contribution is 2.12. The van der Waals surface area contributed by atoms with Gasteiger partial charge < -0.3 is 19.9 Å². The quantitative estimate of drug-likeness (QED) is 0.711. The van der Waals surface area contributed by atoms with Crippen molar-refractivity contribution in [3.63, 3.8) is 0 Å². The molecule has 2 N–H and O–H groups in total. The molecule has 1 aliphatic rings. The van der Waals surface area contributed by atoms with Crippen LogP contribution in [0, 0.1) is 11.7 Å². The summed E-state index contributed by atoms with van der Waals surface area (Å²) in [5.74, 6) is -2.20. The van der Waals surface area contributed by atoms with E-state index in [2.05, 4.69) is 5.32 Å². The van der Waals surface area contributed by atoms with Crippen LogP contribution < -0.4 is 5.32 Å². The molecule has 0 radical (unpaired) electrons. The van der Waals surface area contributed by atoms with Gasteiger partial charge in [-0.3, -0.25) is 4.79 Å². The molecule has 7 heteroatoms. The first-order valence-corrected chi connectivity index (χ1v) is 7.54. The van der Waals surface area contributed by atoms with E-state index in [0.29, 0.717) is 32.1 Å². The fourth-order valence-electron chi connectivity index (χ4n) is 2.27. The number of carbonyl (C=O) groups excluding carboxylic acids is 1. The highest BCUT2D eigenvalue weighted by molar-refractivity contribution is 5.96. The number of carboxylic acids is 1. The largest absolute Gasteiger partial charge is 0.478 e. The van der Waals surface area contributed by atoms with Crippen molar-refractivity contribution in [2.75, 3.05) is 33.0 Å². The average molecular weight is 325 g/mol. The summed E-state index contributed by atoms with van der Waals surface area (Å²) >= 11 is 0. The zero-order chi connectivity index (χ0) is 16.7. The van der Waals surface area contributed by atoms with Crippen LogP contribution in [-0.4, -0.2) is 50.0 Å². The predicted octanol–water partition coefficient (Wildman–Crippen LogP) is 1.70. The Kier molecular flexibility index (Phi) is 6.49. The van der Waals surface area contributed by atoms with Crippen LogP contribution in [0.3, 0.4) is 0 Å². The van der Waals surface area contributed by atoms with Gasteiger partial charge in [-0.15, -0.1) is 0 Å². The fourth-order valence-corrected chi connectivity index (χ4v) is 2.27. The molecule has 1 saturated heterocycles. The van der Waals surface area contributed by atoms with Gasteiger partial charge in [-0.25, -0.2) is 9.18 Å². The van der Waals surface area contributed by atoms with Crippen LogP contribution in [0.4, 0.5) is 4.39 Å². The topological polar surface area (TPSA) is 84.9 Å². The average Bonchev–Trinajstić information content (AvgIpc) is 3.03. The predicted molar refractivity (Wildman–Crippen MR) is 80.1 cm³/mol. The Morgan fingerprint density at radius 1 is 1.43 bits per heavy atom. The van der Waals surface area contributed by atoms with E-state index in [1.54, 1.807) is 0 Å². The number of amides is 1. The van der Waals surface area contributed by atoms with Crippen molar-refractivity contribution in [2.45, 2.75) is 12.8 Å². The molecule has 1 aliphatic heterocycles. The lowest BCUT2D eigenvalue weighted by Crippen LogP contribution is -2.26. The van der Waals surface area contributed by atoms with Crippen LogP contribution in [0.15, 0.2) is 18.2 Å². The first kappa shape index (κ1) is 17.4. The van der Waals surface area contributed by atoms with Gasteiger partial charge in [0, 0.05) is 25.7 Å². The van der Waals surface area contributed by atoms with E-state index >= 15 is 0 Å². The Labute approximate surface area is 133 Å². The van der Waals surface area contributed by atoms with Gasteiger partial charge in [-0.2, -0.15) is 0 Å². The smallest absolute Gasteiger partial charge is 0.335 e. The van der Waals surface area contributed by atoms with E-state index in [1.165, 1.54) is 12.1 Å². The van der Waals surface area contributed by atoms with Crippen LogP contribution >= 0.6 is 0 Å². The van der Waals surface area contributed by atoms with Gasteiger partial charge in [0.1, 0.15) is 5.82 Å².